The molecule has 0 aliphatic heterocycles. The van der Waals surface area contributed by atoms with Crippen molar-refractivity contribution < 1.29 is 10.4 Å². The molecule has 3 heterocycles. The first-order chi connectivity index (χ1) is 19.0. The summed E-state index contributed by atoms with van der Waals surface area (Å²) in [5, 5.41) is 3.31. The Morgan fingerprint density at radius 2 is 1.64 bits per heavy atom. The van der Waals surface area contributed by atoms with E-state index in [0.717, 1.165) is 65.8 Å². The highest BCUT2D eigenvalue weighted by atomic mass is 16.3. The van der Waals surface area contributed by atoms with Crippen molar-refractivity contribution in [1.29, 1.82) is 0 Å². The molecule has 2 aliphatic rings. The number of nitrogens with zero attached hydrogens (tertiary/aromatic N) is 2. The highest BCUT2D eigenvalue weighted by molar-refractivity contribution is 6.11. The van der Waals surface area contributed by atoms with E-state index in [1.807, 2.05) is 6.07 Å². The number of rotatable bonds is 2. The van der Waals surface area contributed by atoms with Crippen LogP contribution in [0.5, 0.6) is 0 Å². The van der Waals surface area contributed by atoms with Crippen molar-refractivity contribution in [3.8, 4) is 11.3 Å². The van der Waals surface area contributed by atoms with Crippen LogP contribution in [0.1, 0.15) is 102 Å². The summed E-state index contributed by atoms with van der Waals surface area (Å²) < 4.78 is 18.8. The third kappa shape index (κ3) is 3.76. The maximum absolute atomic E-state index is 9.76. The van der Waals surface area contributed by atoms with E-state index in [1.54, 1.807) is 0 Å². The minimum atomic E-state index is -0.520. The Balaban J connectivity index is 1.60. The second-order valence-electron chi connectivity index (χ2n) is 13.5. The topological polar surface area (TPSA) is 29.9 Å². The van der Waals surface area contributed by atoms with E-state index >= 15 is 0 Å². The van der Waals surface area contributed by atoms with Gasteiger partial charge in [-0.05, 0) is 72.6 Å². The SMILES string of the molecule is [2H]C1(c2c[n+](C)c(-c3c(C)ccc4c3oc3nc5ccccc5cc34)c3c2C(C)(C)CCC3(C)C)CCCCC1. The number of fused-ring (bicyclic) bond motifs is 5. The number of hydrogen-bond donors (Lipinski definition) is 0. The van der Waals surface area contributed by atoms with E-state index in [-0.39, 0.29) is 10.8 Å². The number of pyridine rings is 2. The molecule has 0 saturated heterocycles. The van der Waals surface area contributed by atoms with Crippen LogP contribution in [-0.2, 0) is 17.9 Å². The number of hydrogen-bond acceptors (Lipinski definition) is 2. The molecule has 1 fully saturated rings. The van der Waals surface area contributed by atoms with Gasteiger partial charge in [0, 0.05) is 28.7 Å². The first kappa shape index (κ1) is 23.7. The fourth-order valence-electron chi connectivity index (χ4n) is 7.57. The van der Waals surface area contributed by atoms with Crippen molar-refractivity contribution in [2.45, 2.75) is 96.3 Å². The summed E-state index contributed by atoms with van der Waals surface area (Å²) in [5.74, 6) is -0.520. The van der Waals surface area contributed by atoms with Gasteiger partial charge in [-0.15, -0.1) is 0 Å². The van der Waals surface area contributed by atoms with Crippen LogP contribution in [-0.4, -0.2) is 4.98 Å². The molecule has 2 aromatic carbocycles. The van der Waals surface area contributed by atoms with Crippen LogP contribution in [0, 0.1) is 6.92 Å². The fraction of sp³-hybridized carbons (Fsp3) is 0.444. The molecule has 2 aliphatic carbocycles. The molecule has 0 N–H and O–H groups in total. The third-order valence-corrected chi connectivity index (χ3v) is 9.78. The minimum Gasteiger partial charge on any atom is -0.437 e. The average Bonchev–Trinajstić information content (AvgIpc) is 3.27. The Hall–Kier alpha value is -3.20. The van der Waals surface area contributed by atoms with E-state index in [0.29, 0.717) is 5.71 Å². The maximum Gasteiger partial charge on any atom is 0.227 e. The van der Waals surface area contributed by atoms with E-state index in [4.69, 9.17) is 9.40 Å². The highest BCUT2D eigenvalue weighted by Gasteiger charge is 2.46. The number of furan rings is 1. The lowest BCUT2D eigenvalue weighted by Crippen LogP contribution is -2.43. The van der Waals surface area contributed by atoms with Crippen LogP contribution in [0.3, 0.4) is 0 Å². The minimum absolute atomic E-state index is 0.00362. The number of aromatic nitrogens is 2. The van der Waals surface area contributed by atoms with E-state index in [1.165, 1.54) is 39.9 Å². The van der Waals surface area contributed by atoms with Gasteiger partial charge in [-0.3, -0.25) is 0 Å². The van der Waals surface area contributed by atoms with Gasteiger partial charge in [0.1, 0.15) is 7.05 Å². The smallest absolute Gasteiger partial charge is 0.227 e. The summed E-state index contributed by atoms with van der Waals surface area (Å²) in [7, 11) is 2.19. The number of benzene rings is 2. The molecule has 3 heteroatoms. The maximum atomic E-state index is 9.76. The standard InChI is InChI=1S/C36H41N2O/c1-22-16-17-25-26-20-24-14-10-11-15-28(24)37-34(26)39-33(25)29(22)32-31-30(35(2,3)18-19-36(31,4)5)27(21-38(32)6)23-12-8-7-9-13-23/h10-11,14-17,20-21,23H,7-9,12-13,18-19H2,1-6H3/q+1/i23D. The summed E-state index contributed by atoms with van der Waals surface area (Å²) in [6.45, 7) is 11.8. The van der Waals surface area contributed by atoms with Gasteiger partial charge >= 0.3 is 0 Å². The molecule has 200 valence electrons. The molecule has 3 nitrogen and oxygen atoms in total. The molecule has 1 saturated carbocycles. The van der Waals surface area contributed by atoms with Gasteiger partial charge in [-0.1, -0.05) is 77.3 Å². The van der Waals surface area contributed by atoms with E-state index in [2.05, 4.69) is 88.8 Å². The third-order valence-electron chi connectivity index (χ3n) is 9.78. The van der Waals surface area contributed by atoms with Crippen LogP contribution in [0.25, 0.3) is 44.2 Å². The van der Waals surface area contributed by atoms with Gasteiger partial charge in [-0.25, -0.2) is 9.55 Å². The summed E-state index contributed by atoms with van der Waals surface area (Å²) >= 11 is 0. The summed E-state index contributed by atoms with van der Waals surface area (Å²) in [4.78, 5) is 4.93. The first-order valence-electron chi connectivity index (χ1n) is 15.3. The second-order valence-corrected chi connectivity index (χ2v) is 13.5. The zero-order valence-electron chi connectivity index (χ0n) is 25.4. The molecule has 0 atom stereocenters. The van der Waals surface area contributed by atoms with Crippen LogP contribution in [0.15, 0.2) is 53.1 Å². The van der Waals surface area contributed by atoms with Crippen molar-refractivity contribution in [2.75, 3.05) is 0 Å². The fourth-order valence-corrected chi connectivity index (χ4v) is 7.57. The molecule has 0 spiro atoms. The summed E-state index contributed by atoms with van der Waals surface area (Å²) in [6.07, 6.45) is 10.0. The highest BCUT2D eigenvalue weighted by Crippen LogP contribution is 2.53. The van der Waals surface area contributed by atoms with Gasteiger partial charge in [0.15, 0.2) is 11.8 Å². The zero-order chi connectivity index (χ0) is 28.0. The van der Waals surface area contributed by atoms with Crippen molar-refractivity contribution in [2.24, 2.45) is 7.05 Å². The largest absolute Gasteiger partial charge is 0.437 e. The molecule has 0 radical (unpaired) electrons. The average molecular weight is 519 g/mol. The monoisotopic (exact) mass is 518 g/mol. The van der Waals surface area contributed by atoms with Gasteiger partial charge in [0.2, 0.25) is 11.4 Å². The Morgan fingerprint density at radius 3 is 2.41 bits per heavy atom. The van der Waals surface area contributed by atoms with Crippen molar-refractivity contribution >= 4 is 33.0 Å². The van der Waals surface area contributed by atoms with E-state index in [9.17, 15) is 1.37 Å². The Kier molecular flexibility index (Phi) is 5.25. The molecule has 0 amide bonds. The summed E-state index contributed by atoms with van der Waals surface area (Å²) in [5.41, 5.74) is 10.3. The quantitative estimate of drug-likeness (QED) is 0.218. The van der Waals surface area contributed by atoms with E-state index < -0.39 is 5.89 Å². The molecule has 5 aromatic rings. The van der Waals surface area contributed by atoms with Crippen LogP contribution in [0.4, 0.5) is 0 Å². The Bertz CT molecular complexity index is 1820. The summed E-state index contributed by atoms with van der Waals surface area (Å²) in [6, 6.07) is 14.9. The molecular formula is C36H41N2O+. The van der Waals surface area contributed by atoms with Gasteiger partial charge < -0.3 is 4.42 Å². The van der Waals surface area contributed by atoms with Gasteiger partial charge in [0.05, 0.1) is 11.1 Å². The number of aryl methyl sites for hydroxylation is 2. The Morgan fingerprint density at radius 1 is 0.923 bits per heavy atom. The lowest BCUT2D eigenvalue weighted by molar-refractivity contribution is -0.661. The second kappa shape index (κ2) is 8.65. The first-order valence-corrected chi connectivity index (χ1v) is 14.8. The number of para-hydroxylation sites is 1. The predicted molar refractivity (Wildman–Crippen MR) is 161 cm³/mol. The zero-order valence-corrected chi connectivity index (χ0v) is 24.4. The molecule has 3 aromatic heterocycles. The lowest BCUT2D eigenvalue weighted by Gasteiger charge is -2.44. The molecule has 0 unspecified atom stereocenters. The molecule has 39 heavy (non-hydrogen) atoms. The molecular weight excluding hydrogens is 476 g/mol. The predicted octanol–water partition coefficient (Wildman–Crippen LogP) is 9.33. The Labute approximate surface area is 233 Å². The van der Waals surface area contributed by atoms with Crippen molar-refractivity contribution in [1.82, 2.24) is 4.98 Å². The normalized spacial score (nSPS) is 20.3. The lowest BCUT2D eigenvalue weighted by atomic mass is 9.60. The molecule has 0 bridgehead atoms. The van der Waals surface area contributed by atoms with Crippen LogP contribution < -0.4 is 4.57 Å². The van der Waals surface area contributed by atoms with Crippen molar-refractivity contribution in [3.63, 3.8) is 0 Å². The van der Waals surface area contributed by atoms with Crippen molar-refractivity contribution in [3.05, 3.63) is 70.9 Å². The van der Waals surface area contributed by atoms with Gasteiger partial charge in [0.25, 0.3) is 0 Å². The molecule has 7 rings (SSSR count). The van der Waals surface area contributed by atoms with Crippen LogP contribution >= 0.6 is 0 Å². The van der Waals surface area contributed by atoms with Gasteiger partial charge in [-0.2, -0.15) is 0 Å². The van der Waals surface area contributed by atoms with Crippen LogP contribution in [0.2, 0.25) is 0 Å².